The van der Waals surface area contributed by atoms with E-state index in [4.69, 9.17) is 29.7 Å². The summed E-state index contributed by atoms with van der Waals surface area (Å²) in [6.45, 7) is 6.07. The summed E-state index contributed by atoms with van der Waals surface area (Å²) in [5.74, 6) is -0.596. The quantitative estimate of drug-likeness (QED) is 0.0926. The first-order chi connectivity index (χ1) is 34.4. The van der Waals surface area contributed by atoms with Gasteiger partial charge in [-0.2, -0.15) is 4.98 Å². The van der Waals surface area contributed by atoms with Gasteiger partial charge in [-0.05, 0) is 92.0 Å². The number of hydrogen-bond acceptors (Lipinski definition) is 15. The lowest BCUT2D eigenvalue weighted by atomic mass is 9.59. The zero-order valence-corrected chi connectivity index (χ0v) is 40.1. The molecule has 368 valence electrons. The van der Waals surface area contributed by atoms with Crippen LogP contribution in [0.5, 0.6) is 11.6 Å². The maximum Gasteiger partial charge on any atom is 0.297 e. The molecule has 4 atom stereocenters. The Labute approximate surface area is 410 Å². The number of benzene rings is 3. The van der Waals surface area contributed by atoms with Crippen LogP contribution >= 0.6 is 0 Å². The molecule has 0 radical (unpaired) electrons. The third kappa shape index (κ3) is 7.98. The maximum absolute atomic E-state index is 16.1. The van der Waals surface area contributed by atoms with Gasteiger partial charge in [0.05, 0.1) is 64.7 Å². The van der Waals surface area contributed by atoms with E-state index in [0.717, 1.165) is 49.4 Å². The number of sulfone groups is 1. The highest BCUT2D eigenvalue weighted by atomic mass is 32.2. The number of piperidine rings is 1. The minimum atomic E-state index is -4.79. The van der Waals surface area contributed by atoms with Crippen LogP contribution in [0.2, 0.25) is 0 Å². The first-order valence-corrected chi connectivity index (χ1v) is 25.9. The van der Waals surface area contributed by atoms with Gasteiger partial charge in [0.15, 0.2) is 11.4 Å². The van der Waals surface area contributed by atoms with Gasteiger partial charge in [0.2, 0.25) is 15.7 Å². The average Bonchev–Trinajstić information content (AvgIpc) is 3.83. The van der Waals surface area contributed by atoms with E-state index in [-0.39, 0.29) is 69.1 Å². The van der Waals surface area contributed by atoms with E-state index in [1.165, 1.54) is 17.2 Å². The molecule has 3 saturated heterocycles. The number of pyridine rings is 2. The van der Waals surface area contributed by atoms with Crippen LogP contribution in [0.1, 0.15) is 65.3 Å². The molecule has 0 bridgehead atoms. The Bertz CT molecular complexity index is 3170. The zero-order chi connectivity index (χ0) is 48.6. The van der Waals surface area contributed by atoms with Gasteiger partial charge in [-0.15, -0.1) is 0 Å². The molecule has 1 aliphatic carbocycles. The van der Waals surface area contributed by atoms with E-state index >= 15 is 8.42 Å². The van der Waals surface area contributed by atoms with Crippen molar-refractivity contribution in [3.63, 3.8) is 0 Å². The second-order valence-electron chi connectivity index (χ2n) is 19.8. The number of carbonyl (C=O) groups is 1. The molecule has 1 amide bonds. The molecular formula is C52H55N9O9S. The minimum absolute atomic E-state index is 0.0221. The number of fused-ring (bicyclic) bond motifs is 4. The second-order valence-corrected chi connectivity index (χ2v) is 21.7. The predicted octanol–water partition coefficient (Wildman–Crippen LogP) is 7.03. The van der Waals surface area contributed by atoms with Crippen LogP contribution in [0.4, 0.5) is 28.4 Å². The number of nitrogens with zero attached hydrogens (tertiary/aromatic N) is 6. The number of nitro groups is 1. The van der Waals surface area contributed by atoms with Gasteiger partial charge in [-0.25, -0.2) is 8.42 Å². The van der Waals surface area contributed by atoms with Crippen molar-refractivity contribution in [2.45, 2.75) is 85.5 Å². The van der Waals surface area contributed by atoms with Gasteiger partial charge >= 0.3 is 0 Å². The van der Waals surface area contributed by atoms with Crippen molar-refractivity contribution >= 4 is 55.2 Å². The van der Waals surface area contributed by atoms with Gasteiger partial charge in [0.1, 0.15) is 28.9 Å². The number of nitrogens with one attached hydrogen (secondary N) is 2. The van der Waals surface area contributed by atoms with Crippen molar-refractivity contribution in [1.29, 1.82) is 0 Å². The van der Waals surface area contributed by atoms with E-state index in [0.29, 0.717) is 68.8 Å². The smallest absolute Gasteiger partial charge is 0.297 e. The molecule has 19 heteroatoms. The fraction of sp³-hybridized carbons (Fsp3) is 0.404. The highest BCUT2D eigenvalue weighted by Crippen LogP contribution is 2.55. The highest BCUT2D eigenvalue weighted by Gasteiger charge is 2.51. The number of aromatic amines is 1. The first kappa shape index (κ1) is 45.3. The van der Waals surface area contributed by atoms with Crippen LogP contribution in [-0.4, -0.2) is 116 Å². The predicted molar refractivity (Wildman–Crippen MR) is 265 cm³/mol. The number of carbonyl (C=O) groups excluding carboxylic acids is 1. The normalized spacial score (nSPS) is 23.1. The lowest BCUT2D eigenvalue weighted by Gasteiger charge is -2.57. The van der Waals surface area contributed by atoms with Crippen molar-refractivity contribution in [2.75, 3.05) is 67.8 Å². The maximum atomic E-state index is 16.1. The number of rotatable bonds is 10. The van der Waals surface area contributed by atoms with Gasteiger partial charge in [-0.1, -0.05) is 30.3 Å². The van der Waals surface area contributed by atoms with Crippen molar-refractivity contribution in [3.8, 4) is 11.6 Å². The molecule has 5 aliphatic heterocycles. The Balaban J connectivity index is 0.954. The fourth-order valence-electron chi connectivity index (χ4n) is 12.1. The summed E-state index contributed by atoms with van der Waals surface area (Å²) in [6, 6.07) is 23.2. The number of ether oxygens (including phenoxy) is 4. The number of morpholine rings is 1. The summed E-state index contributed by atoms with van der Waals surface area (Å²) in [5.41, 5.74) is 10.7. The number of primary amides is 1. The molecular weight excluding hydrogens is 927 g/mol. The van der Waals surface area contributed by atoms with Crippen LogP contribution in [0.15, 0.2) is 101 Å². The summed E-state index contributed by atoms with van der Waals surface area (Å²) >= 11 is 0. The molecule has 6 aromatic rings. The van der Waals surface area contributed by atoms with Crippen LogP contribution in [0.3, 0.4) is 0 Å². The largest absolute Gasteiger partial charge is 0.489 e. The zero-order valence-electron chi connectivity index (χ0n) is 39.3. The van der Waals surface area contributed by atoms with Gasteiger partial charge in [0, 0.05) is 74.3 Å². The van der Waals surface area contributed by atoms with E-state index in [1.54, 1.807) is 24.5 Å². The highest BCUT2D eigenvalue weighted by molar-refractivity contribution is 7.91. The third-order valence-corrected chi connectivity index (χ3v) is 17.5. The summed E-state index contributed by atoms with van der Waals surface area (Å²) in [4.78, 5) is 44.7. The Kier molecular flexibility index (Phi) is 11.4. The summed E-state index contributed by atoms with van der Waals surface area (Å²) < 4.78 is 56.9. The molecule has 4 N–H and O–H groups in total. The van der Waals surface area contributed by atoms with E-state index in [2.05, 4.69) is 56.3 Å². The van der Waals surface area contributed by atoms with Gasteiger partial charge in [0.25, 0.3) is 11.6 Å². The van der Waals surface area contributed by atoms with E-state index < -0.39 is 38.5 Å². The molecule has 1 spiro atoms. The standard InChI is InChI=1S/C52H55N9O9S/c1-31-6-2-3-8-37(31)43-29-68-21-19-59(43)35-26-52(27-35)13-17-58(18-14-52)40-10-9-38(49(53)62)47(60-39-12-20-67-30-45(39)70-51-42(60)22-32-11-16-55-50(32)57-51)48(40)71(65,66)36-24-41(61(63)64)46-44(25-36)69-28-34(56-46)23-33-7-4-5-15-54-33/h2-11,15-16,22,24-25,34-35,39,43,45,56H,12-14,17-21,23,26-30H2,1H3,(H2,53,62)(H,55,57)/t34-,39-,43-,45-/m0/s1. The Hall–Kier alpha value is -6.80. The van der Waals surface area contributed by atoms with Crippen molar-refractivity contribution < 1.29 is 37.1 Å². The number of nitro benzene ring substituents is 1. The van der Waals surface area contributed by atoms with Crippen LogP contribution < -0.4 is 30.3 Å². The molecule has 4 fully saturated rings. The molecule has 8 heterocycles. The number of aromatic nitrogens is 3. The van der Waals surface area contributed by atoms with E-state index in [1.807, 2.05) is 35.2 Å². The molecule has 3 aromatic carbocycles. The molecule has 12 rings (SSSR count). The van der Waals surface area contributed by atoms with Crippen LogP contribution in [0, 0.1) is 22.5 Å². The molecule has 1 saturated carbocycles. The molecule has 6 aliphatic rings. The third-order valence-electron chi connectivity index (χ3n) is 15.7. The first-order valence-electron chi connectivity index (χ1n) is 24.4. The molecule has 0 unspecified atom stereocenters. The van der Waals surface area contributed by atoms with E-state index in [9.17, 15) is 14.9 Å². The SMILES string of the molecule is Cc1ccccc1[C@@H]1COCCN1C1CC2(CCN(c3ccc(C(N)=O)c(N4c5cc6cc[nH]c6nc5O[C@H]5COCC[C@@H]54)c3S(=O)(=O)c3cc4c(c([N+](=O)[O-])c3)N[C@@H](Cc3ccccn3)CO4)CC2)C1. The topological polar surface area (TPSA) is 221 Å². The Morgan fingerprint density at radius 1 is 0.958 bits per heavy atom. The number of amides is 1. The minimum Gasteiger partial charge on any atom is -0.489 e. The number of anilines is 4. The van der Waals surface area contributed by atoms with Crippen molar-refractivity contribution in [2.24, 2.45) is 11.1 Å². The van der Waals surface area contributed by atoms with Gasteiger partial charge < -0.3 is 44.8 Å². The summed E-state index contributed by atoms with van der Waals surface area (Å²) in [7, 11) is -4.79. The number of hydrogen-bond donors (Lipinski definition) is 3. The molecule has 3 aromatic heterocycles. The molecule has 18 nitrogen and oxygen atoms in total. The Morgan fingerprint density at radius 3 is 2.56 bits per heavy atom. The van der Waals surface area contributed by atoms with Crippen molar-refractivity contribution in [3.05, 3.63) is 124 Å². The van der Waals surface area contributed by atoms with Crippen LogP contribution in [0.25, 0.3) is 11.0 Å². The van der Waals surface area contributed by atoms with Crippen molar-refractivity contribution in [1.82, 2.24) is 19.9 Å². The number of H-pyrrole nitrogens is 1. The Morgan fingerprint density at radius 2 is 1.77 bits per heavy atom. The fourth-order valence-corrected chi connectivity index (χ4v) is 13.8. The molecule has 71 heavy (non-hydrogen) atoms. The lowest BCUT2D eigenvalue weighted by Crippen LogP contribution is -2.58. The monoisotopic (exact) mass is 981 g/mol. The number of nitrogens with two attached hydrogens (primary N) is 1. The summed E-state index contributed by atoms with van der Waals surface area (Å²) in [6.07, 6.45) is 7.34. The average molecular weight is 982 g/mol. The van der Waals surface area contributed by atoms with Gasteiger partial charge in [-0.3, -0.25) is 24.8 Å². The van der Waals surface area contributed by atoms with Crippen LogP contribution in [-0.2, 0) is 25.7 Å². The second kappa shape index (κ2) is 17.8. The number of aryl methyl sites for hydroxylation is 1. The summed E-state index contributed by atoms with van der Waals surface area (Å²) in [5, 5.41) is 17.0. The lowest BCUT2D eigenvalue weighted by molar-refractivity contribution is -0.384.